The predicted octanol–water partition coefficient (Wildman–Crippen LogP) is 2.47. The van der Waals surface area contributed by atoms with Crippen LogP contribution in [0.1, 0.15) is 24.2 Å². The summed E-state index contributed by atoms with van der Waals surface area (Å²) in [6, 6.07) is 7.03. The van der Waals surface area contributed by atoms with Crippen molar-refractivity contribution in [3.63, 3.8) is 0 Å². The van der Waals surface area contributed by atoms with E-state index in [1.54, 1.807) is 24.7 Å². The molecule has 1 aromatic carbocycles. The summed E-state index contributed by atoms with van der Waals surface area (Å²) in [7, 11) is 0. The number of aromatic nitrogens is 2. The number of rotatable bonds is 5. The van der Waals surface area contributed by atoms with Gasteiger partial charge in [-0.15, -0.1) is 0 Å². The average molecular weight is 366 g/mol. The first-order chi connectivity index (χ1) is 10.4. The van der Waals surface area contributed by atoms with E-state index >= 15 is 0 Å². The van der Waals surface area contributed by atoms with Crippen molar-refractivity contribution in [2.24, 2.45) is 5.92 Å². The third-order valence-corrected chi connectivity index (χ3v) is 3.96. The Balaban J connectivity index is 2.09. The highest BCUT2D eigenvalue weighted by Crippen LogP contribution is 2.14. The molecule has 1 amide bonds. The van der Waals surface area contributed by atoms with E-state index in [4.69, 9.17) is 5.11 Å². The van der Waals surface area contributed by atoms with E-state index in [1.165, 1.54) is 6.20 Å². The van der Waals surface area contributed by atoms with Crippen LogP contribution in [0.2, 0.25) is 0 Å². The molecule has 1 aromatic heterocycles. The van der Waals surface area contributed by atoms with Gasteiger partial charge in [0, 0.05) is 16.7 Å². The number of benzene rings is 1. The van der Waals surface area contributed by atoms with Crippen LogP contribution in [-0.4, -0.2) is 32.8 Å². The summed E-state index contributed by atoms with van der Waals surface area (Å²) in [5, 5.41) is 15.8. The molecule has 0 saturated carbocycles. The zero-order valence-corrected chi connectivity index (χ0v) is 13.7. The van der Waals surface area contributed by atoms with Gasteiger partial charge in [-0.2, -0.15) is 5.10 Å². The van der Waals surface area contributed by atoms with Crippen LogP contribution in [0, 0.1) is 5.92 Å². The molecule has 0 aliphatic heterocycles. The molecule has 2 N–H and O–H groups in total. The Hall–Kier alpha value is -2.15. The van der Waals surface area contributed by atoms with Crippen molar-refractivity contribution in [2.45, 2.75) is 19.9 Å². The van der Waals surface area contributed by atoms with Gasteiger partial charge in [0.05, 0.1) is 23.4 Å². The van der Waals surface area contributed by atoms with Gasteiger partial charge >= 0.3 is 5.97 Å². The lowest BCUT2D eigenvalue weighted by Crippen LogP contribution is -2.39. The number of hydrogen-bond acceptors (Lipinski definition) is 3. The van der Waals surface area contributed by atoms with Gasteiger partial charge in [-0.25, -0.2) is 4.68 Å². The molecule has 0 bridgehead atoms. The van der Waals surface area contributed by atoms with Crippen LogP contribution in [-0.2, 0) is 4.79 Å². The highest BCUT2D eigenvalue weighted by atomic mass is 79.9. The number of carboxylic acids is 1. The summed E-state index contributed by atoms with van der Waals surface area (Å²) < 4.78 is 2.55. The molecule has 0 radical (unpaired) electrons. The number of aliphatic carboxylic acids is 1. The van der Waals surface area contributed by atoms with Crippen LogP contribution in [0.4, 0.5) is 0 Å². The number of carbonyl (C=O) groups is 2. The lowest BCUT2D eigenvalue weighted by atomic mass is 10.0. The Labute approximate surface area is 136 Å². The summed E-state index contributed by atoms with van der Waals surface area (Å²) in [6.45, 7) is 3.22. The van der Waals surface area contributed by atoms with E-state index < -0.39 is 17.9 Å². The fraction of sp³-hybridized carbons (Fsp3) is 0.267. The largest absolute Gasteiger partial charge is 0.481 e. The van der Waals surface area contributed by atoms with Gasteiger partial charge in [0.1, 0.15) is 0 Å². The molecule has 2 rings (SSSR count). The second-order valence-corrected chi connectivity index (χ2v) is 5.95. The zero-order chi connectivity index (χ0) is 16.3. The lowest BCUT2D eigenvalue weighted by molar-refractivity contribution is -0.141. The topological polar surface area (TPSA) is 84.2 Å². The monoisotopic (exact) mass is 365 g/mol. The third kappa shape index (κ3) is 3.73. The molecule has 0 aliphatic rings. The third-order valence-electron chi connectivity index (χ3n) is 3.43. The van der Waals surface area contributed by atoms with Gasteiger partial charge in [-0.3, -0.25) is 9.59 Å². The van der Waals surface area contributed by atoms with Crippen LogP contribution in [0.15, 0.2) is 41.1 Å². The molecule has 0 spiro atoms. The number of halogens is 1. The Bertz CT molecular complexity index is 682. The molecule has 6 nitrogen and oxygen atoms in total. The number of amides is 1. The first-order valence-electron chi connectivity index (χ1n) is 6.72. The maximum atomic E-state index is 12.1. The van der Waals surface area contributed by atoms with Crippen LogP contribution < -0.4 is 5.32 Å². The average Bonchev–Trinajstić information content (AvgIpc) is 2.96. The minimum atomic E-state index is -0.946. The van der Waals surface area contributed by atoms with E-state index in [2.05, 4.69) is 26.3 Å². The molecule has 7 heteroatoms. The number of carbonyl (C=O) groups excluding carboxylic acids is 1. The molecule has 2 unspecified atom stereocenters. The molecule has 22 heavy (non-hydrogen) atoms. The summed E-state index contributed by atoms with van der Waals surface area (Å²) in [4.78, 5) is 23.0. The molecule has 1 heterocycles. The number of nitrogens with one attached hydrogen (secondary N) is 1. The summed E-state index contributed by atoms with van der Waals surface area (Å²) >= 11 is 3.36. The van der Waals surface area contributed by atoms with Gasteiger partial charge in [-0.05, 0) is 38.1 Å². The van der Waals surface area contributed by atoms with E-state index in [0.717, 1.165) is 10.2 Å². The van der Waals surface area contributed by atoms with E-state index in [1.807, 2.05) is 24.3 Å². The first kappa shape index (κ1) is 16.2. The second-order valence-electron chi connectivity index (χ2n) is 5.04. The standard InChI is InChI=1S/C15H16BrN3O3/c1-9(15(21)22)10(2)18-14(20)11-7-17-19(8-11)13-5-3-12(16)4-6-13/h3-10H,1-2H3,(H,18,20)(H,21,22). The van der Waals surface area contributed by atoms with E-state index in [0.29, 0.717) is 5.56 Å². The number of hydrogen-bond donors (Lipinski definition) is 2. The quantitative estimate of drug-likeness (QED) is 0.852. The predicted molar refractivity (Wildman–Crippen MR) is 85.0 cm³/mol. The Morgan fingerprint density at radius 1 is 1.27 bits per heavy atom. The van der Waals surface area contributed by atoms with Crippen molar-refractivity contribution in [1.29, 1.82) is 0 Å². The number of nitrogens with zero attached hydrogens (tertiary/aromatic N) is 2. The van der Waals surface area contributed by atoms with Crippen molar-refractivity contribution in [1.82, 2.24) is 15.1 Å². The molecule has 0 fully saturated rings. The van der Waals surface area contributed by atoms with Crippen LogP contribution in [0.3, 0.4) is 0 Å². The second kappa shape index (κ2) is 6.74. The van der Waals surface area contributed by atoms with Crippen LogP contribution >= 0.6 is 15.9 Å². The molecular formula is C15H16BrN3O3. The smallest absolute Gasteiger partial charge is 0.308 e. The normalized spacial score (nSPS) is 13.4. The van der Waals surface area contributed by atoms with Crippen molar-refractivity contribution in [3.05, 3.63) is 46.7 Å². The van der Waals surface area contributed by atoms with Crippen molar-refractivity contribution in [2.75, 3.05) is 0 Å². The van der Waals surface area contributed by atoms with Crippen molar-refractivity contribution in [3.8, 4) is 5.69 Å². The van der Waals surface area contributed by atoms with E-state index in [-0.39, 0.29) is 5.91 Å². The van der Waals surface area contributed by atoms with Crippen molar-refractivity contribution >= 4 is 27.8 Å². The highest BCUT2D eigenvalue weighted by molar-refractivity contribution is 9.10. The zero-order valence-electron chi connectivity index (χ0n) is 12.2. The van der Waals surface area contributed by atoms with Gasteiger partial charge in [0.25, 0.3) is 5.91 Å². The molecule has 0 saturated heterocycles. The molecular weight excluding hydrogens is 350 g/mol. The minimum Gasteiger partial charge on any atom is -0.481 e. The molecule has 116 valence electrons. The SMILES string of the molecule is CC(NC(=O)c1cnn(-c2ccc(Br)cc2)c1)C(C)C(=O)O. The van der Waals surface area contributed by atoms with Gasteiger partial charge < -0.3 is 10.4 Å². The Morgan fingerprint density at radius 2 is 1.91 bits per heavy atom. The molecule has 2 atom stereocenters. The fourth-order valence-electron chi connectivity index (χ4n) is 1.80. The van der Waals surface area contributed by atoms with Gasteiger partial charge in [-0.1, -0.05) is 15.9 Å². The van der Waals surface area contributed by atoms with Gasteiger partial charge in [0.2, 0.25) is 0 Å². The van der Waals surface area contributed by atoms with Gasteiger partial charge in [0.15, 0.2) is 0 Å². The minimum absolute atomic E-state index is 0.344. The maximum absolute atomic E-state index is 12.1. The van der Waals surface area contributed by atoms with E-state index in [9.17, 15) is 9.59 Å². The fourth-order valence-corrected chi connectivity index (χ4v) is 2.07. The highest BCUT2D eigenvalue weighted by Gasteiger charge is 2.22. The Morgan fingerprint density at radius 3 is 2.50 bits per heavy atom. The Kier molecular flexibility index (Phi) is 4.97. The van der Waals surface area contributed by atoms with Crippen molar-refractivity contribution < 1.29 is 14.7 Å². The maximum Gasteiger partial charge on any atom is 0.308 e. The lowest BCUT2D eigenvalue weighted by Gasteiger charge is -2.17. The molecule has 2 aromatic rings. The first-order valence-corrected chi connectivity index (χ1v) is 7.52. The molecule has 0 aliphatic carbocycles. The summed E-state index contributed by atoms with van der Waals surface area (Å²) in [5.41, 5.74) is 1.21. The van der Waals surface area contributed by atoms with Crippen LogP contribution in [0.5, 0.6) is 0 Å². The summed E-state index contributed by atoms with van der Waals surface area (Å²) in [5.74, 6) is -1.95. The van der Waals surface area contributed by atoms with Crippen LogP contribution in [0.25, 0.3) is 5.69 Å². The summed E-state index contributed by atoms with van der Waals surface area (Å²) in [6.07, 6.45) is 3.06. The number of carboxylic acid groups (broad SMARTS) is 1.